The molecule has 94 valence electrons. The van der Waals surface area contributed by atoms with E-state index < -0.39 is 0 Å². The van der Waals surface area contributed by atoms with Crippen LogP contribution in [0.25, 0.3) is 0 Å². The zero-order valence-electron chi connectivity index (χ0n) is 10.7. The molecule has 1 aliphatic carbocycles. The van der Waals surface area contributed by atoms with Crippen molar-refractivity contribution in [2.45, 2.75) is 45.2 Å². The minimum Gasteiger partial charge on any atom is -0.379 e. The van der Waals surface area contributed by atoms with E-state index in [0.29, 0.717) is 6.04 Å². The third-order valence-electron chi connectivity index (χ3n) is 4.06. The maximum absolute atomic E-state index is 5.45. The normalized spacial score (nSPS) is 37.5. The molecule has 2 fully saturated rings. The van der Waals surface area contributed by atoms with Crippen LogP contribution in [0.15, 0.2) is 0 Å². The predicted octanol–water partition coefficient (Wildman–Crippen LogP) is 1.49. The molecule has 16 heavy (non-hydrogen) atoms. The average Bonchev–Trinajstić information content (AvgIpc) is 2.33. The molecule has 3 atom stereocenters. The highest BCUT2D eigenvalue weighted by Gasteiger charge is 2.32. The molecule has 0 aromatic carbocycles. The van der Waals surface area contributed by atoms with Gasteiger partial charge >= 0.3 is 0 Å². The Kier molecular flexibility index (Phi) is 4.62. The molecule has 3 heteroatoms. The summed E-state index contributed by atoms with van der Waals surface area (Å²) in [6.45, 7) is 9.80. The second-order valence-electron chi connectivity index (χ2n) is 5.30. The van der Waals surface area contributed by atoms with Gasteiger partial charge in [-0.1, -0.05) is 13.8 Å². The van der Waals surface area contributed by atoms with Gasteiger partial charge in [0.2, 0.25) is 0 Å². The number of nitrogens with one attached hydrogen (secondary N) is 1. The Balaban J connectivity index is 1.95. The van der Waals surface area contributed by atoms with E-state index in [1.165, 1.54) is 19.3 Å². The second-order valence-corrected chi connectivity index (χ2v) is 5.30. The van der Waals surface area contributed by atoms with Crippen molar-refractivity contribution < 1.29 is 4.74 Å². The highest BCUT2D eigenvalue weighted by molar-refractivity contribution is 4.90. The van der Waals surface area contributed by atoms with Crippen molar-refractivity contribution in [3.05, 3.63) is 0 Å². The number of hydrogen-bond donors (Lipinski definition) is 1. The molecule has 0 spiro atoms. The Hall–Kier alpha value is -0.120. The summed E-state index contributed by atoms with van der Waals surface area (Å²) in [5, 5.41) is 3.67. The van der Waals surface area contributed by atoms with E-state index in [0.717, 1.165) is 44.8 Å². The van der Waals surface area contributed by atoms with Crippen molar-refractivity contribution in [2.75, 3.05) is 32.8 Å². The van der Waals surface area contributed by atoms with Crippen LogP contribution in [0.1, 0.15) is 33.1 Å². The van der Waals surface area contributed by atoms with Crippen LogP contribution in [0.2, 0.25) is 0 Å². The summed E-state index contributed by atoms with van der Waals surface area (Å²) in [6.07, 6.45) is 4.09. The van der Waals surface area contributed by atoms with Gasteiger partial charge in [-0.05, 0) is 31.7 Å². The van der Waals surface area contributed by atoms with Crippen LogP contribution in [-0.2, 0) is 4.74 Å². The standard InChI is InChI=1S/C13H26N2O/c1-3-14-12-5-4-11(2)10-13(12)15-6-8-16-9-7-15/h11-14H,3-10H2,1-2H3. The zero-order valence-corrected chi connectivity index (χ0v) is 10.7. The quantitative estimate of drug-likeness (QED) is 0.789. The van der Waals surface area contributed by atoms with Crippen molar-refractivity contribution in [3.8, 4) is 0 Å². The lowest BCUT2D eigenvalue weighted by Crippen LogP contribution is -2.55. The van der Waals surface area contributed by atoms with Gasteiger partial charge in [-0.2, -0.15) is 0 Å². The fourth-order valence-electron chi connectivity index (χ4n) is 3.16. The molecule has 2 aliphatic rings. The lowest BCUT2D eigenvalue weighted by atomic mass is 9.82. The number of nitrogens with zero attached hydrogens (tertiary/aromatic N) is 1. The molecule has 0 radical (unpaired) electrons. The van der Waals surface area contributed by atoms with Crippen molar-refractivity contribution in [3.63, 3.8) is 0 Å². The number of likely N-dealkylation sites (N-methyl/N-ethyl adjacent to an activating group) is 1. The SMILES string of the molecule is CCNC1CCC(C)CC1N1CCOCC1. The highest BCUT2D eigenvalue weighted by atomic mass is 16.5. The van der Waals surface area contributed by atoms with E-state index in [9.17, 15) is 0 Å². The molecule has 0 amide bonds. The predicted molar refractivity (Wildman–Crippen MR) is 66.7 cm³/mol. The molecule has 3 nitrogen and oxygen atoms in total. The Morgan fingerprint density at radius 1 is 1.25 bits per heavy atom. The van der Waals surface area contributed by atoms with Crippen LogP contribution < -0.4 is 5.32 Å². The van der Waals surface area contributed by atoms with Crippen molar-refractivity contribution in [2.24, 2.45) is 5.92 Å². The fourth-order valence-corrected chi connectivity index (χ4v) is 3.16. The van der Waals surface area contributed by atoms with Gasteiger partial charge in [0.25, 0.3) is 0 Å². The van der Waals surface area contributed by atoms with Crippen LogP contribution in [-0.4, -0.2) is 49.8 Å². The molecule has 0 bridgehead atoms. The van der Waals surface area contributed by atoms with E-state index in [2.05, 4.69) is 24.1 Å². The summed E-state index contributed by atoms with van der Waals surface area (Å²) in [7, 11) is 0. The summed E-state index contributed by atoms with van der Waals surface area (Å²) in [4.78, 5) is 2.65. The zero-order chi connectivity index (χ0) is 11.4. The first-order valence-corrected chi connectivity index (χ1v) is 6.86. The second kappa shape index (κ2) is 5.99. The molecule has 0 aromatic heterocycles. The van der Waals surface area contributed by atoms with Crippen molar-refractivity contribution >= 4 is 0 Å². The molecular formula is C13H26N2O. The molecule has 1 aliphatic heterocycles. The Bertz CT molecular complexity index is 199. The van der Waals surface area contributed by atoms with Crippen LogP contribution in [0.3, 0.4) is 0 Å². The summed E-state index contributed by atoms with van der Waals surface area (Å²) >= 11 is 0. The number of ether oxygens (including phenoxy) is 1. The van der Waals surface area contributed by atoms with Gasteiger partial charge in [0.05, 0.1) is 13.2 Å². The molecule has 1 saturated heterocycles. The minimum absolute atomic E-state index is 0.708. The van der Waals surface area contributed by atoms with Crippen molar-refractivity contribution in [1.82, 2.24) is 10.2 Å². The summed E-state index contributed by atoms with van der Waals surface area (Å²) in [6, 6.07) is 1.45. The van der Waals surface area contributed by atoms with Crippen LogP contribution in [0.5, 0.6) is 0 Å². The highest BCUT2D eigenvalue weighted by Crippen LogP contribution is 2.28. The number of rotatable bonds is 3. The van der Waals surface area contributed by atoms with E-state index in [4.69, 9.17) is 4.74 Å². The third kappa shape index (κ3) is 2.96. The molecule has 1 N–H and O–H groups in total. The Morgan fingerprint density at radius 3 is 2.69 bits per heavy atom. The molecule has 0 aromatic rings. The third-order valence-corrected chi connectivity index (χ3v) is 4.06. The van der Waals surface area contributed by atoms with E-state index >= 15 is 0 Å². The molecule has 1 heterocycles. The van der Waals surface area contributed by atoms with E-state index in [-0.39, 0.29) is 0 Å². The summed E-state index contributed by atoms with van der Waals surface area (Å²) < 4.78 is 5.45. The van der Waals surface area contributed by atoms with Gasteiger partial charge in [0, 0.05) is 25.2 Å². The maximum atomic E-state index is 5.45. The first kappa shape index (κ1) is 12.3. The van der Waals surface area contributed by atoms with E-state index in [1.807, 2.05) is 0 Å². The lowest BCUT2D eigenvalue weighted by Gasteiger charge is -2.43. The van der Waals surface area contributed by atoms with Gasteiger partial charge in [0.15, 0.2) is 0 Å². The molecule has 2 rings (SSSR count). The number of hydrogen-bond acceptors (Lipinski definition) is 3. The van der Waals surface area contributed by atoms with Gasteiger partial charge in [0.1, 0.15) is 0 Å². The van der Waals surface area contributed by atoms with Gasteiger partial charge < -0.3 is 10.1 Å². The molecule has 3 unspecified atom stereocenters. The maximum Gasteiger partial charge on any atom is 0.0594 e. The molecule has 1 saturated carbocycles. The Labute approximate surface area is 99.5 Å². The van der Waals surface area contributed by atoms with Crippen molar-refractivity contribution in [1.29, 1.82) is 0 Å². The first-order chi connectivity index (χ1) is 7.81. The summed E-state index contributed by atoms with van der Waals surface area (Å²) in [5.41, 5.74) is 0. The average molecular weight is 226 g/mol. The van der Waals surface area contributed by atoms with Gasteiger partial charge in [-0.3, -0.25) is 4.90 Å². The van der Waals surface area contributed by atoms with Crippen LogP contribution in [0.4, 0.5) is 0 Å². The van der Waals surface area contributed by atoms with Crippen LogP contribution in [0, 0.1) is 5.92 Å². The lowest BCUT2D eigenvalue weighted by molar-refractivity contribution is -0.00565. The summed E-state index contributed by atoms with van der Waals surface area (Å²) in [5.74, 6) is 0.891. The smallest absolute Gasteiger partial charge is 0.0594 e. The van der Waals surface area contributed by atoms with Crippen LogP contribution >= 0.6 is 0 Å². The monoisotopic (exact) mass is 226 g/mol. The van der Waals surface area contributed by atoms with E-state index in [1.54, 1.807) is 0 Å². The van der Waals surface area contributed by atoms with Gasteiger partial charge in [-0.25, -0.2) is 0 Å². The molecular weight excluding hydrogens is 200 g/mol. The minimum atomic E-state index is 0.708. The fraction of sp³-hybridized carbons (Fsp3) is 1.00. The number of morpholine rings is 1. The van der Waals surface area contributed by atoms with Gasteiger partial charge in [-0.15, -0.1) is 0 Å². The Morgan fingerprint density at radius 2 is 2.00 bits per heavy atom. The largest absolute Gasteiger partial charge is 0.379 e. The first-order valence-electron chi connectivity index (χ1n) is 6.86. The topological polar surface area (TPSA) is 24.5 Å².